The van der Waals surface area contributed by atoms with Crippen LogP contribution in [0.5, 0.6) is 11.5 Å². The predicted octanol–water partition coefficient (Wildman–Crippen LogP) is 1.16. The Hall–Kier alpha value is -1.95. The van der Waals surface area contributed by atoms with Crippen molar-refractivity contribution in [2.24, 2.45) is 0 Å². The van der Waals surface area contributed by atoms with Crippen LogP contribution in [-0.2, 0) is 16.0 Å². The van der Waals surface area contributed by atoms with Crippen LogP contribution in [0, 0.1) is 0 Å². The van der Waals surface area contributed by atoms with Crippen molar-refractivity contribution in [2.45, 2.75) is 6.42 Å². The third-order valence-electron chi connectivity index (χ3n) is 2.04. The van der Waals surface area contributed by atoms with Crippen molar-refractivity contribution in [3.8, 4) is 11.5 Å². The van der Waals surface area contributed by atoms with E-state index in [0.717, 1.165) is 13.2 Å². The molecule has 0 amide bonds. The highest BCUT2D eigenvalue weighted by Gasteiger charge is 2.24. The number of phenols is 2. The monoisotopic (exact) mass is 260 g/mol. The Bertz CT molecular complexity index is 482. The summed E-state index contributed by atoms with van der Waals surface area (Å²) in [4.78, 5) is 22.0. The van der Waals surface area contributed by atoms with Crippen LogP contribution in [-0.4, -0.2) is 34.4 Å². The van der Waals surface area contributed by atoms with Gasteiger partial charge in [0.1, 0.15) is 17.1 Å². The van der Waals surface area contributed by atoms with E-state index in [1.165, 1.54) is 0 Å². The van der Waals surface area contributed by atoms with E-state index in [2.05, 4.69) is 4.74 Å². The number of methoxy groups -OCH3 is 1. The van der Waals surface area contributed by atoms with Crippen molar-refractivity contribution < 1.29 is 29.6 Å². The largest absolute Gasteiger partial charge is 0.507 e. The van der Waals surface area contributed by atoms with Gasteiger partial charge in [0, 0.05) is 11.6 Å². The number of ether oxygens (including phenoxy) is 1. The summed E-state index contributed by atoms with van der Waals surface area (Å²) >= 11 is 5.68. The molecular formula is C10H9ClO6. The van der Waals surface area contributed by atoms with Crippen LogP contribution in [0.25, 0.3) is 0 Å². The zero-order valence-corrected chi connectivity index (χ0v) is 9.48. The van der Waals surface area contributed by atoms with Crippen LogP contribution >= 0.6 is 11.6 Å². The highest BCUT2D eigenvalue weighted by Crippen LogP contribution is 2.36. The van der Waals surface area contributed by atoms with E-state index in [0.29, 0.717) is 0 Å². The molecule has 0 radical (unpaired) electrons. The van der Waals surface area contributed by atoms with E-state index < -0.39 is 29.9 Å². The number of carboxylic acids is 1. The Kier molecular flexibility index (Phi) is 3.80. The quantitative estimate of drug-likeness (QED) is 0.705. The number of benzene rings is 1. The second-order valence-electron chi connectivity index (χ2n) is 3.14. The normalized spacial score (nSPS) is 10.0. The summed E-state index contributed by atoms with van der Waals surface area (Å²) in [5.74, 6) is -3.29. The van der Waals surface area contributed by atoms with Gasteiger partial charge >= 0.3 is 11.9 Å². The number of rotatable bonds is 3. The third kappa shape index (κ3) is 2.59. The Labute approximate surface area is 101 Å². The minimum Gasteiger partial charge on any atom is -0.507 e. The summed E-state index contributed by atoms with van der Waals surface area (Å²) in [5, 5.41) is 27.2. The lowest BCUT2D eigenvalue weighted by atomic mass is 10.0. The summed E-state index contributed by atoms with van der Waals surface area (Å²) in [7, 11) is 1.08. The van der Waals surface area contributed by atoms with Crippen molar-refractivity contribution >= 4 is 23.5 Å². The van der Waals surface area contributed by atoms with Gasteiger partial charge in [0.15, 0.2) is 0 Å². The number of phenolic OH excluding ortho intramolecular Hbond substituents is 2. The Morgan fingerprint density at radius 1 is 1.35 bits per heavy atom. The average molecular weight is 261 g/mol. The molecule has 0 aliphatic rings. The Morgan fingerprint density at radius 3 is 2.41 bits per heavy atom. The molecule has 1 aromatic rings. The van der Waals surface area contributed by atoms with Crippen LogP contribution in [0.4, 0.5) is 0 Å². The van der Waals surface area contributed by atoms with E-state index in [4.69, 9.17) is 16.7 Å². The van der Waals surface area contributed by atoms with Gasteiger partial charge < -0.3 is 20.1 Å². The van der Waals surface area contributed by atoms with Gasteiger partial charge in [0.05, 0.1) is 18.6 Å². The van der Waals surface area contributed by atoms with Crippen molar-refractivity contribution in [3.05, 3.63) is 22.2 Å². The van der Waals surface area contributed by atoms with Gasteiger partial charge in [0.25, 0.3) is 0 Å². The number of carbonyl (C=O) groups is 2. The Balaban J connectivity index is 3.49. The molecule has 0 heterocycles. The molecule has 0 saturated carbocycles. The highest BCUT2D eigenvalue weighted by molar-refractivity contribution is 6.33. The molecule has 17 heavy (non-hydrogen) atoms. The first-order chi connectivity index (χ1) is 7.88. The number of halogens is 1. The average Bonchev–Trinajstić information content (AvgIpc) is 2.24. The Morgan fingerprint density at radius 2 is 1.94 bits per heavy atom. The number of aromatic hydroxyl groups is 2. The van der Waals surface area contributed by atoms with Crippen LogP contribution in [0.1, 0.15) is 15.9 Å². The standard InChI is InChI=1S/C10H9ClO6/c1-17-10(16)8-4(2-7(14)15)9(11)6(13)3-5(8)12/h3,12-13H,2H2,1H3,(H,14,15). The molecule has 1 rings (SSSR count). The number of carbonyl (C=O) groups excluding carboxylic acids is 1. The SMILES string of the molecule is COC(=O)c1c(O)cc(O)c(Cl)c1CC(=O)O. The lowest BCUT2D eigenvalue weighted by molar-refractivity contribution is -0.136. The zero-order valence-electron chi connectivity index (χ0n) is 8.73. The van der Waals surface area contributed by atoms with Gasteiger partial charge in [0.2, 0.25) is 0 Å². The second kappa shape index (κ2) is 4.92. The van der Waals surface area contributed by atoms with E-state index in [1.807, 2.05) is 0 Å². The lowest BCUT2D eigenvalue weighted by Gasteiger charge is -2.11. The molecule has 0 saturated heterocycles. The maximum atomic E-state index is 11.4. The van der Waals surface area contributed by atoms with Gasteiger partial charge in [-0.05, 0) is 0 Å². The molecule has 0 atom stereocenters. The molecule has 3 N–H and O–H groups in total. The van der Waals surface area contributed by atoms with Gasteiger partial charge in [-0.1, -0.05) is 11.6 Å². The minimum atomic E-state index is -1.26. The summed E-state index contributed by atoms with van der Waals surface area (Å²) < 4.78 is 4.40. The lowest BCUT2D eigenvalue weighted by Crippen LogP contribution is -2.10. The molecule has 0 bridgehead atoms. The molecule has 92 valence electrons. The maximum absolute atomic E-state index is 11.4. The third-order valence-corrected chi connectivity index (χ3v) is 2.46. The molecule has 7 heteroatoms. The summed E-state index contributed by atoms with van der Waals surface area (Å²) in [6.07, 6.45) is -0.620. The van der Waals surface area contributed by atoms with Crippen LogP contribution in [0.15, 0.2) is 6.07 Å². The first-order valence-electron chi connectivity index (χ1n) is 4.41. The van der Waals surface area contributed by atoms with Crippen LogP contribution < -0.4 is 0 Å². The highest BCUT2D eigenvalue weighted by atomic mass is 35.5. The summed E-state index contributed by atoms with van der Waals surface area (Å²) in [6.45, 7) is 0. The molecule has 0 fully saturated rings. The van der Waals surface area contributed by atoms with Crippen molar-refractivity contribution in [1.82, 2.24) is 0 Å². The van der Waals surface area contributed by atoms with Crippen molar-refractivity contribution in [2.75, 3.05) is 7.11 Å². The smallest absolute Gasteiger partial charge is 0.341 e. The zero-order chi connectivity index (χ0) is 13.2. The summed E-state index contributed by atoms with van der Waals surface area (Å²) in [5.41, 5.74) is -0.554. The van der Waals surface area contributed by atoms with E-state index in [9.17, 15) is 19.8 Å². The van der Waals surface area contributed by atoms with Crippen molar-refractivity contribution in [1.29, 1.82) is 0 Å². The molecule has 0 aromatic heterocycles. The second-order valence-corrected chi connectivity index (χ2v) is 3.52. The number of hydrogen-bond acceptors (Lipinski definition) is 5. The van der Waals surface area contributed by atoms with Gasteiger partial charge in [-0.25, -0.2) is 4.79 Å². The fourth-order valence-electron chi connectivity index (χ4n) is 1.33. The number of hydrogen-bond donors (Lipinski definition) is 3. The fourth-order valence-corrected chi connectivity index (χ4v) is 1.55. The van der Waals surface area contributed by atoms with Gasteiger partial charge in [-0.15, -0.1) is 0 Å². The molecule has 0 unspecified atom stereocenters. The van der Waals surface area contributed by atoms with Crippen LogP contribution in [0.3, 0.4) is 0 Å². The molecular weight excluding hydrogens is 252 g/mol. The van der Waals surface area contributed by atoms with E-state index in [1.54, 1.807) is 0 Å². The molecule has 1 aromatic carbocycles. The number of carboxylic acid groups (broad SMARTS) is 1. The summed E-state index contributed by atoms with van der Waals surface area (Å²) in [6, 6.07) is 0.847. The molecule has 6 nitrogen and oxygen atoms in total. The maximum Gasteiger partial charge on any atom is 0.341 e. The molecule has 0 aliphatic carbocycles. The van der Waals surface area contributed by atoms with Gasteiger partial charge in [-0.2, -0.15) is 0 Å². The first-order valence-corrected chi connectivity index (χ1v) is 4.79. The topological polar surface area (TPSA) is 104 Å². The molecule has 0 spiro atoms. The van der Waals surface area contributed by atoms with Gasteiger partial charge in [-0.3, -0.25) is 4.79 Å². The van der Waals surface area contributed by atoms with E-state index in [-0.39, 0.29) is 16.1 Å². The van der Waals surface area contributed by atoms with Crippen molar-refractivity contribution in [3.63, 3.8) is 0 Å². The predicted molar refractivity (Wildman–Crippen MR) is 57.5 cm³/mol. The number of esters is 1. The minimum absolute atomic E-state index is 0.191. The van der Waals surface area contributed by atoms with Crippen LogP contribution in [0.2, 0.25) is 5.02 Å². The first kappa shape index (κ1) is 13.1. The van der Waals surface area contributed by atoms with E-state index >= 15 is 0 Å². The molecule has 0 aliphatic heterocycles. The fraction of sp³-hybridized carbons (Fsp3) is 0.200. The number of aliphatic carboxylic acids is 1.